The van der Waals surface area contributed by atoms with Gasteiger partial charge in [-0.1, -0.05) is 0 Å². The van der Waals surface area contributed by atoms with E-state index in [1.165, 1.54) is 24.0 Å². The lowest BCUT2D eigenvalue weighted by Crippen LogP contribution is -1.96. The molecule has 0 spiro atoms. The van der Waals surface area contributed by atoms with Crippen molar-refractivity contribution in [2.75, 3.05) is 5.75 Å². The van der Waals surface area contributed by atoms with Crippen LogP contribution >= 0.6 is 11.8 Å². The minimum Gasteiger partial charge on any atom is -0.478 e. The first-order chi connectivity index (χ1) is 6.74. The monoisotopic (exact) mass is 207 g/mol. The highest BCUT2D eigenvalue weighted by molar-refractivity contribution is 7.99. The van der Waals surface area contributed by atoms with E-state index >= 15 is 0 Å². The Morgan fingerprint density at radius 1 is 1.71 bits per heavy atom. The quantitative estimate of drug-likeness (QED) is 0.465. The molecule has 1 aromatic heterocycles. The Bertz CT molecular complexity index is 371. The van der Waals surface area contributed by atoms with Crippen molar-refractivity contribution in [1.29, 1.82) is 0 Å². The number of terminal acetylenes is 1. The number of aromatic nitrogens is 1. The summed E-state index contributed by atoms with van der Waals surface area (Å²) in [6.45, 7) is 0. The molecule has 0 aliphatic carbocycles. The van der Waals surface area contributed by atoms with Crippen LogP contribution in [0.25, 0.3) is 0 Å². The van der Waals surface area contributed by atoms with Crippen molar-refractivity contribution in [2.45, 2.75) is 11.4 Å². The molecule has 0 fully saturated rings. The molecule has 0 aliphatic heterocycles. The van der Waals surface area contributed by atoms with Crippen LogP contribution in [0.5, 0.6) is 0 Å². The van der Waals surface area contributed by atoms with Crippen molar-refractivity contribution in [3.63, 3.8) is 0 Å². The maximum atomic E-state index is 10.6. The zero-order chi connectivity index (χ0) is 10.4. The highest BCUT2D eigenvalue weighted by Crippen LogP contribution is 2.16. The molecule has 0 saturated heterocycles. The maximum absolute atomic E-state index is 10.6. The van der Waals surface area contributed by atoms with Gasteiger partial charge in [0.05, 0.1) is 10.6 Å². The van der Waals surface area contributed by atoms with Gasteiger partial charge in [-0.05, 0) is 12.1 Å². The predicted molar refractivity (Wildman–Crippen MR) is 55.4 cm³/mol. The summed E-state index contributed by atoms with van der Waals surface area (Å²) in [5, 5.41) is 9.41. The number of carbonyl (C=O) groups is 1. The Morgan fingerprint density at radius 2 is 2.50 bits per heavy atom. The van der Waals surface area contributed by atoms with Gasteiger partial charge in [-0.3, -0.25) is 0 Å². The molecule has 0 radical (unpaired) electrons. The fourth-order valence-electron chi connectivity index (χ4n) is 0.836. The normalized spacial score (nSPS) is 9.36. The summed E-state index contributed by atoms with van der Waals surface area (Å²) >= 11 is 1.46. The summed E-state index contributed by atoms with van der Waals surface area (Å²) in [6.07, 6.45) is 7.24. The molecule has 1 N–H and O–H groups in total. The molecule has 1 rings (SSSR count). The van der Waals surface area contributed by atoms with Gasteiger partial charge in [0.2, 0.25) is 0 Å². The van der Waals surface area contributed by atoms with Gasteiger partial charge in [-0.15, -0.1) is 24.1 Å². The van der Waals surface area contributed by atoms with Gasteiger partial charge >= 0.3 is 5.97 Å². The fourth-order valence-corrected chi connectivity index (χ4v) is 1.61. The molecular weight excluding hydrogens is 198 g/mol. The molecule has 0 atom stereocenters. The van der Waals surface area contributed by atoms with Crippen molar-refractivity contribution in [2.24, 2.45) is 0 Å². The molecule has 3 nitrogen and oxygen atoms in total. The Labute approximate surface area is 86.6 Å². The molecule has 1 heterocycles. The van der Waals surface area contributed by atoms with Gasteiger partial charge in [0.15, 0.2) is 0 Å². The molecule has 1 aromatic rings. The zero-order valence-corrected chi connectivity index (χ0v) is 8.25. The fraction of sp³-hybridized carbons (Fsp3) is 0.200. The van der Waals surface area contributed by atoms with Gasteiger partial charge in [0, 0.05) is 18.4 Å². The molecule has 0 unspecified atom stereocenters. The number of pyridine rings is 1. The van der Waals surface area contributed by atoms with E-state index in [0.29, 0.717) is 11.4 Å². The van der Waals surface area contributed by atoms with Crippen LogP contribution in [0.15, 0.2) is 23.4 Å². The van der Waals surface area contributed by atoms with Crippen molar-refractivity contribution in [3.8, 4) is 12.3 Å². The third-order valence-electron chi connectivity index (χ3n) is 1.48. The number of carboxylic acids is 1. The summed E-state index contributed by atoms with van der Waals surface area (Å²) in [5.74, 6) is 2.33. The summed E-state index contributed by atoms with van der Waals surface area (Å²) in [5.41, 5.74) is 0.253. The van der Waals surface area contributed by atoms with Crippen LogP contribution in [0, 0.1) is 12.3 Å². The molecule has 72 valence electrons. The molecule has 0 aromatic carbocycles. The van der Waals surface area contributed by atoms with E-state index in [0.717, 1.165) is 5.75 Å². The molecule has 0 bridgehead atoms. The average Bonchev–Trinajstić information content (AvgIpc) is 2.19. The van der Waals surface area contributed by atoms with Gasteiger partial charge in [-0.25, -0.2) is 9.78 Å². The Morgan fingerprint density at radius 3 is 3.14 bits per heavy atom. The molecular formula is C10H9NO2S. The summed E-state index contributed by atoms with van der Waals surface area (Å²) in [4.78, 5) is 14.6. The van der Waals surface area contributed by atoms with Crippen LogP contribution in [-0.2, 0) is 0 Å². The highest BCUT2D eigenvalue weighted by Gasteiger charge is 2.03. The summed E-state index contributed by atoms with van der Waals surface area (Å²) in [7, 11) is 0. The number of rotatable bonds is 4. The number of carboxylic acid groups (broad SMARTS) is 1. The van der Waals surface area contributed by atoms with Crippen LogP contribution in [0.2, 0.25) is 0 Å². The van der Waals surface area contributed by atoms with Crippen LogP contribution < -0.4 is 0 Å². The third-order valence-corrected chi connectivity index (χ3v) is 2.41. The van der Waals surface area contributed by atoms with Crippen LogP contribution in [0.3, 0.4) is 0 Å². The molecule has 14 heavy (non-hydrogen) atoms. The standard InChI is InChI=1S/C10H9NO2S/c1-2-3-6-14-9-7-8(10(12)13)4-5-11-9/h1,4-5,7H,3,6H2,(H,12,13). The lowest BCUT2D eigenvalue weighted by Gasteiger charge is -1.99. The average molecular weight is 207 g/mol. The van der Waals surface area contributed by atoms with E-state index in [2.05, 4.69) is 10.9 Å². The van der Waals surface area contributed by atoms with E-state index in [1.807, 2.05) is 0 Å². The molecule has 0 amide bonds. The molecule has 4 heteroatoms. The van der Waals surface area contributed by atoms with Crippen molar-refractivity contribution in [3.05, 3.63) is 23.9 Å². The number of thioether (sulfide) groups is 1. The topological polar surface area (TPSA) is 50.2 Å². The Balaban J connectivity index is 2.65. The number of hydrogen-bond donors (Lipinski definition) is 1. The maximum Gasteiger partial charge on any atom is 0.335 e. The SMILES string of the molecule is C#CCCSc1cc(C(=O)O)ccn1. The summed E-state index contributed by atoms with van der Waals surface area (Å²) < 4.78 is 0. The third kappa shape index (κ3) is 3.11. The van der Waals surface area contributed by atoms with Gasteiger partial charge in [0.1, 0.15) is 0 Å². The van der Waals surface area contributed by atoms with E-state index in [9.17, 15) is 4.79 Å². The lowest BCUT2D eigenvalue weighted by atomic mass is 10.3. The van der Waals surface area contributed by atoms with Gasteiger partial charge in [0.25, 0.3) is 0 Å². The second-order valence-electron chi connectivity index (χ2n) is 2.49. The van der Waals surface area contributed by atoms with Crippen LogP contribution in [0.4, 0.5) is 0 Å². The van der Waals surface area contributed by atoms with Crippen molar-refractivity contribution in [1.82, 2.24) is 4.98 Å². The first-order valence-corrected chi connectivity index (χ1v) is 4.98. The Kier molecular flexibility index (Phi) is 4.02. The molecule has 0 aliphatic rings. The molecule has 0 saturated carbocycles. The number of nitrogens with zero attached hydrogens (tertiary/aromatic N) is 1. The zero-order valence-electron chi connectivity index (χ0n) is 7.43. The van der Waals surface area contributed by atoms with Crippen LogP contribution in [-0.4, -0.2) is 21.8 Å². The van der Waals surface area contributed by atoms with Crippen molar-refractivity contribution < 1.29 is 9.90 Å². The van der Waals surface area contributed by atoms with Crippen molar-refractivity contribution >= 4 is 17.7 Å². The first kappa shape index (κ1) is 10.6. The smallest absolute Gasteiger partial charge is 0.335 e. The number of aromatic carboxylic acids is 1. The minimum atomic E-state index is -0.939. The van der Waals surface area contributed by atoms with Gasteiger partial charge in [-0.2, -0.15) is 0 Å². The second kappa shape index (κ2) is 5.30. The van der Waals surface area contributed by atoms with Gasteiger partial charge < -0.3 is 5.11 Å². The second-order valence-corrected chi connectivity index (χ2v) is 3.61. The van der Waals surface area contributed by atoms with E-state index < -0.39 is 5.97 Å². The first-order valence-electron chi connectivity index (χ1n) is 3.99. The van der Waals surface area contributed by atoms with E-state index in [4.69, 9.17) is 11.5 Å². The van der Waals surface area contributed by atoms with Crippen LogP contribution in [0.1, 0.15) is 16.8 Å². The largest absolute Gasteiger partial charge is 0.478 e. The summed E-state index contributed by atoms with van der Waals surface area (Å²) in [6, 6.07) is 3.01. The lowest BCUT2D eigenvalue weighted by molar-refractivity contribution is 0.0696. The Hall–Kier alpha value is -1.47. The van der Waals surface area contributed by atoms with E-state index in [1.54, 1.807) is 6.07 Å². The predicted octanol–water partition coefficient (Wildman–Crippen LogP) is 1.90. The highest BCUT2D eigenvalue weighted by atomic mass is 32.2. The minimum absolute atomic E-state index is 0.253. The van der Waals surface area contributed by atoms with E-state index in [-0.39, 0.29) is 5.56 Å². The number of hydrogen-bond acceptors (Lipinski definition) is 3.